The van der Waals surface area contributed by atoms with E-state index >= 15 is 0 Å². The second kappa shape index (κ2) is 4.27. The summed E-state index contributed by atoms with van der Waals surface area (Å²) in [5.41, 5.74) is 0. The predicted molar refractivity (Wildman–Crippen MR) is 60.2 cm³/mol. The molecule has 2 rings (SSSR count). The Morgan fingerprint density at radius 3 is 3.07 bits per heavy atom. The summed E-state index contributed by atoms with van der Waals surface area (Å²) in [7, 11) is 0. The van der Waals surface area contributed by atoms with Crippen LogP contribution >= 0.6 is 11.3 Å². The van der Waals surface area contributed by atoms with Crippen molar-refractivity contribution in [2.24, 2.45) is 0 Å². The molecule has 2 heterocycles. The number of carbonyl (C=O) groups excluding carboxylic acids is 1. The number of aromatic amines is 1. The topological polar surface area (TPSA) is 57.8 Å². The number of rotatable bonds is 3. The Kier molecular flexibility index (Phi) is 2.82. The summed E-state index contributed by atoms with van der Waals surface area (Å²) in [6.07, 6.45) is 4.22. The van der Waals surface area contributed by atoms with Crippen molar-refractivity contribution < 1.29 is 4.79 Å². The van der Waals surface area contributed by atoms with E-state index in [0.29, 0.717) is 10.8 Å². The summed E-state index contributed by atoms with van der Waals surface area (Å²) in [5.74, 6) is 0.362. The maximum atomic E-state index is 11.7. The van der Waals surface area contributed by atoms with Gasteiger partial charge in [0.05, 0.1) is 4.88 Å². The van der Waals surface area contributed by atoms with Crippen molar-refractivity contribution in [3.05, 3.63) is 34.3 Å². The van der Waals surface area contributed by atoms with Crippen LogP contribution in [-0.4, -0.2) is 15.9 Å². The Hall–Kier alpha value is -1.62. The fourth-order valence-electron chi connectivity index (χ4n) is 1.19. The fraction of sp³-hybridized carbons (Fsp3) is 0.200. The zero-order valence-corrected chi connectivity index (χ0v) is 9.10. The summed E-state index contributed by atoms with van der Waals surface area (Å²) in [6, 6.07) is 3.81. The molecular weight excluding hydrogens is 210 g/mol. The number of thiophene rings is 1. The van der Waals surface area contributed by atoms with Gasteiger partial charge in [-0.05, 0) is 18.6 Å². The van der Waals surface area contributed by atoms with Crippen LogP contribution in [0.3, 0.4) is 0 Å². The van der Waals surface area contributed by atoms with Gasteiger partial charge in [-0.25, -0.2) is 4.98 Å². The molecule has 78 valence electrons. The summed E-state index contributed by atoms with van der Waals surface area (Å²) in [5, 5.41) is 2.68. The monoisotopic (exact) mass is 221 g/mol. The maximum absolute atomic E-state index is 11.7. The number of carbonyl (C=O) groups is 1. The van der Waals surface area contributed by atoms with E-state index in [4.69, 9.17) is 0 Å². The first kappa shape index (κ1) is 9.92. The van der Waals surface area contributed by atoms with Gasteiger partial charge in [0.2, 0.25) is 5.95 Å². The molecule has 0 radical (unpaired) electrons. The van der Waals surface area contributed by atoms with Crippen LogP contribution in [0.2, 0.25) is 0 Å². The van der Waals surface area contributed by atoms with E-state index in [1.165, 1.54) is 16.2 Å². The Morgan fingerprint density at radius 2 is 2.47 bits per heavy atom. The first-order valence-electron chi connectivity index (χ1n) is 4.69. The van der Waals surface area contributed by atoms with E-state index < -0.39 is 0 Å². The summed E-state index contributed by atoms with van der Waals surface area (Å²) in [4.78, 5) is 20.3. The number of hydrogen-bond acceptors (Lipinski definition) is 3. The average Bonchev–Trinajstić information content (AvgIpc) is 2.86. The average molecular weight is 221 g/mol. The van der Waals surface area contributed by atoms with Crippen molar-refractivity contribution in [2.75, 3.05) is 5.32 Å². The lowest BCUT2D eigenvalue weighted by molar-refractivity contribution is 0.103. The van der Waals surface area contributed by atoms with Gasteiger partial charge in [0.15, 0.2) is 0 Å². The van der Waals surface area contributed by atoms with Crippen LogP contribution in [0.1, 0.15) is 21.5 Å². The number of nitrogens with one attached hydrogen (secondary N) is 2. The van der Waals surface area contributed by atoms with Gasteiger partial charge in [0.1, 0.15) is 0 Å². The van der Waals surface area contributed by atoms with Crippen LogP contribution in [0.5, 0.6) is 0 Å². The van der Waals surface area contributed by atoms with Gasteiger partial charge in [0, 0.05) is 17.3 Å². The standard InChI is InChI=1S/C10H11N3OS/c1-2-7-3-4-8(15-7)9(14)13-10-11-5-6-12-10/h3-6H,2H2,1H3,(H2,11,12,13,14). The van der Waals surface area contributed by atoms with Crippen LogP contribution in [-0.2, 0) is 6.42 Å². The fourth-order valence-corrected chi connectivity index (χ4v) is 2.04. The van der Waals surface area contributed by atoms with E-state index in [-0.39, 0.29) is 5.91 Å². The lowest BCUT2D eigenvalue weighted by atomic mass is 10.3. The highest BCUT2D eigenvalue weighted by atomic mass is 32.1. The molecule has 0 atom stereocenters. The van der Waals surface area contributed by atoms with Gasteiger partial charge in [-0.2, -0.15) is 0 Å². The van der Waals surface area contributed by atoms with Crippen LogP contribution in [0.4, 0.5) is 5.95 Å². The van der Waals surface area contributed by atoms with Crippen LogP contribution in [0.15, 0.2) is 24.5 Å². The lowest BCUT2D eigenvalue weighted by Gasteiger charge is -1.97. The van der Waals surface area contributed by atoms with Crippen LogP contribution in [0, 0.1) is 0 Å². The van der Waals surface area contributed by atoms with E-state index in [2.05, 4.69) is 22.2 Å². The second-order valence-corrected chi connectivity index (χ2v) is 4.18. The van der Waals surface area contributed by atoms with Gasteiger partial charge < -0.3 is 4.98 Å². The van der Waals surface area contributed by atoms with E-state index in [0.717, 1.165) is 6.42 Å². The third kappa shape index (κ3) is 2.24. The molecule has 5 heteroatoms. The molecule has 0 unspecified atom stereocenters. The van der Waals surface area contributed by atoms with Crippen molar-refractivity contribution in [3.8, 4) is 0 Å². The van der Waals surface area contributed by atoms with Gasteiger partial charge in [-0.1, -0.05) is 6.92 Å². The molecule has 0 aliphatic carbocycles. The Balaban J connectivity index is 2.08. The van der Waals surface area contributed by atoms with Crippen LogP contribution < -0.4 is 5.32 Å². The molecule has 0 saturated carbocycles. The minimum absolute atomic E-state index is 0.116. The van der Waals surface area contributed by atoms with Gasteiger partial charge >= 0.3 is 0 Å². The lowest BCUT2D eigenvalue weighted by Crippen LogP contribution is -2.11. The van der Waals surface area contributed by atoms with Gasteiger partial charge in [0.25, 0.3) is 5.91 Å². The number of amides is 1. The number of aryl methyl sites for hydroxylation is 1. The minimum atomic E-state index is -0.116. The molecule has 15 heavy (non-hydrogen) atoms. The molecule has 0 spiro atoms. The van der Waals surface area contributed by atoms with E-state index in [1.54, 1.807) is 12.4 Å². The third-order valence-corrected chi connectivity index (χ3v) is 3.19. The molecule has 2 aromatic rings. The highest BCUT2D eigenvalue weighted by Gasteiger charge is 2.09. The zero-order chi connectivity index (χ0) is 10.7. The summed E-state index contributed by atoms with van der Waals surface area (Å²) < 4.78 is 0. The maximum Gasteiger partial charge on any atom is 0.268 e. The van der Waals surface area contributed by atoms with Crippen molar-refractivity contribution >= 4 is 23.2 Å². The van der Waals surface area contributed by atoms with Crippen LogP contribution in [0.25, 0.3) is 0 Å². The third-order valence-electron chi connectivity index (χ3n) is 1.96. The highest BCUT2D eigenvalue weighted by molar-refractivity contribution is 7.14. The van der Waals surface area contributed by atoms with E-state index in [1.807, 2.05) is 12.1 Å². The molecule has 2 aromatic heterocycles. The largest absolute Gasteiger partial charge is 0.331 e. The van der Waals surface area contributed by atoms with Crippen molar-refractivity contribution in [2.45, 2.75) is 13.3 Å². The Morgan fingerprint density at radius 1 is 1.60 bits per heavy atom. The molecule has 0 aliphatic heterocycles. The number of anilines is 1. The molecule has 0 aliphatic rings. The minimum Gasteiger partial charge on any atom is -0.331 e. The molecule has 0 saturated heterocycles. The smallest absolute Gasteiger partial charge is 0.268 e. The highest BCUT2D eigenvalue weighted by Crippen LogP contribution is 2.17. The van der Waals surface area contributed by atoms with Crippen molar-refractivity contribution in [1.29, 1.82) is 0 Å². The molecule has 0 aromatic carbocycles. The molecule has 0 fully saturated rings. The molecule has 4 nitrogen and oxygen atoms in total. The Bertz CT molecular complexity index is 447. The van der Waals surface area contributed by atoms with E-state index in [9.17, 15) is 4.79 Å². The quantitative estimate of drug-likeness (QED) is 0.835. The predicted octanol–water partition coefficient (Wildman–Crippen LogP) is 2.29. The molecule has 0 bridgehead atoms. The van der Waals surface area contributed by atoms with Gasteiger partial charge in [-0.15, -0.1) is 11.3 Å². The first-order valence-corrected chi connectivity index (χ1v) is 5.50. The number of hydrogen-bond donors (Lipinski definition) is 2. The van der Waals surface area contributed by atoms with Crippen molar-refractivity contribution in [3.63, 3.8) is 0 Å². The number of nitrogens with zero attached hydrogens (tertiary/aromatic N) is 1. The molecular formula is C10H11N3OS. The molecule has 2 N–H and O–H groups in total. The SMILES string of the molecule is CCc1ccc(C(=O)Nc2ncc[nH]2)s1. The zero-order valence-electron chi connectivity index (χ0n) is 8.28. The summed E-state index contributed by atoms with van der Waals surface area (Å²) in [6.45, 7) is 2.07. The number of imidazole rings is 1. The normalized spacial score (nSPS) is 10.2. The van der Waals surface area contributed by atoms with Crippen molar-refractivity contribution in [1.82, 2.24) is 9.97 Å². The first-order chi connectivity index (χ1) is 7.29. The van der Waals surface area contributed by atoms with Gasteiger partial charge in [-0.3, -0.25) is 10.1 Å². The molecule has 1 amide bonds. The number of H-pyrrole nitrogens is 1. The summed E-state index contributed by atoms with van der Waals surface area (Å²) >= 11 is 1.51. The number of aromatic nitrogens is 2. The second-order valence-electron chi connectivity index (χ2n) is 3.01. The Labute approximate surface area is 91.4 Å².